The van der Waals surface area contributed by atoms with Crippen LogP contribution in [0.25, 0.3) is 0 Å². The number of amides is 1. The Hall–Kier alpha value is -1.35. The molecule has 1 N–H and O–H groups in total. The smallest absolute Gasteiger partial charge is 0.243 e. The fraction of sp³-hybridized carbons (Fsp3) is 0.588. The van der Waals surface area contributed by atoms with Crippen LogP contribution in [0.15, 0.2) is 23.1 Å². The minimum atomic E-state index is -3.71. The molecule has 1 fully saturated rings. The molecule has 0 unspecified atom stereocenters. The molecule has 0 bridgehead atoms. The number of methoxy groups -OCH3 is 2. The fourth-order valence-corrected chi connectivity index (χ4v) is 4.78. The summed E-state index contributed by atoms with van der Waals surface area (Å²) in [6.45, 7) is 1.65. The van der Waals surface area contributed by atoms with Crippen LogP contribution < -0.4 is 10.1 Å². The monoisotopic (exact) mass is 404 g/mol. The number of benzene rings is 1. The second-order valence-corrected chi connectivity index (χ2v) is 8.48. The van der Waals surface area contributed by atoms with Crippen molar-refractivity contribution in [2.45, 2.75) is 24.2 Å². The van der Waals surface area contributed by atoms with Gasteiger partial charge < -0.3 is 14.8 Å². The zero-order valence-electron chi connectivity index (χ0n) is 15.0. The van der Waals surface area contributed by atoms with Crippen LogP contribution in [0.2, 0.25) is 5.02 Å². The molecule has 1 saturated heterocycles. The Labute approximate surface area is 159 Å². The number of hydrogen-bond acceptors (Lipinski definition) is 5. The van der Waals surface area contributed by atoms with Gasteiger partial charge in [0.1, 0.15) is 5.75 Å². The summed E-state index contributed by atoms with van der Waals surface area (Å²) in [6.07, 6.45) is 2.03. The van der Waals surface area contributed by atoms with E-state index in [2.05, 4.69) is 5.32 Å². The van der Waals surface area contributed by atoms with Crippen LogP contribution in [-0.4, -0.2) is 59.1 Å². The topological polar surface area (TPSA) is 84.9 Å². The van der Waals surface area contributed by atoms with Gasteiger partial charge >= 0.3 is 0 Å². The lowest BCUT2D eigenvalue weighted by atomic mass is 9.99. The average Bonchev–Trinajstić information content (AvgIpc) is 2.65. The van der Waals surface area contributed by atoms with Gasteiger partial charge in [0.2, 0.25) is 15.9 Å². The van der Waals surface area contributed by atoms with E-state index in [-0.39, 0.29) is 28.3 Å². The first kappa shape index (κ1) is 21.0. The van der Waals surface area contributed by atoms with Gasteiger partial charge in [-0.2, -0.15) is 4.31 Å². The van der Waals surface area contributed by atoms with Gasteiger partial charge in [0, 0.05) is 33.4 Å². The van der Waals surface area contributed by atoms with Gasteiger partial charge in [-0.1, -0.05) is 11.6 Å². The fourth-order valence-electron chi connectivity index (χ4n) is 2.90. The summed E-state index contributed by atoms with van der Waals surface area (Å²) >= 11 is 6.05. The highest BCUT2D eigenvalue weighted by Crippen LogP contribution is 2.30. The molecule has 1 aliphatic rings. The van der Waals surface area contributed by atoms with E-state index in [1.165, 1.54) is 29.6 Å². The van der Waals surface area contributed by atoms with Crippen LogP contribution in [0.3, 0.4) is 0 Å². The molecule has 1 atom stereocenters. The molecule has 1 heterocycles. The molecule has 7 nitrogen and oxygen atoms in total. The zero-order valence-corrected chi connectivity index (χ0v) is 16.6. The first-order valence-corrected chi connectivity index (χ1v) is 10.3. The number of nitrogens with zero attached hydrogens (tertiary/aromatic N) is 1. The quantitative estimate of drug-likeness (QED) is 0.669. The molecule has 1 aromatic rings. The van der Waals surface area contributed by atoms with Crippen molar-refractivity contribution in [1.29, 1.82) is 0 Å². The highest BCUT2D eigenvalue weighted by atomic mass is 35.5. The highest BCUT2D eigenvalue weighted by molar-refractivity contribution is 7.89. The molecule has 0 saturated carbocycles. The van der Waals surface area contributed by atoms with E-state index in [0.717, 1.165) is 6.42 Å². The number of sulfonamides is 1. The zero-order chi connectivity index (χ0) is 19.2. The standard InChI is InChI=1S/C17H25ClN2O5S/c1-24-10-4-8-19-17(21)13-5-3-9-20(12-13)26(22,23)14-6-7-16(25-2)15(18)11-14/h6-7,11,13H,3-5,8-10,12H2,1-2H3,(H,19,21)/t13-/m1/s1. The van der Waals surface area contributed by atoms with Crippen LogP contribution >= 0.6 is 11.6 Å². The maximum Gasteiger partial charge on any atom is 0.243 e. The SMILES string of the molecule is COCCCNC(=O)[C@@H]1CCCN(S(=O)(=O)c2ccc(OC)c(Cl)c2)C1. The molecule has 1 aromatic carbocycles. The summed E-state index contributed by atoms with van der Waals surface area (Å²) in [5.74, 6) is -0.0545. The van der Waals surface area contributed by atoms with E-state index in [9.17, 15) is 13.2 Å². The Kier molecular flexibility index (Phi) is 7.69. The van der Waals surface area contributed by atoms with Crippen molar-refractivity contribution in [3.8, 4) is 5.75 Å². The molecule has 1 aliphatic heterocycles. The predicted molar refractivity (Wildman–Crippen MR) is 99.0 cm³/mol. The van der Waals surface area contributed by atoms with Crippen LogP contribution in [0.4, 0.5) is 0 Å². The summed E-state index contributed by atoms with van der Waals surface area (Å²) in [5, 5.41) is 3.08. The van der Waals surface area contributed by atoms with Crippen molar-refractivity contribution in [2.24, 2.45) is 5.92 Å². The molecule has 146 valence electrons. The highest BCUT2D eigenvalue weighted by Gasteiger charge is 2.33. The minimum absolute atomic E-state index is 0.101. The van der Waals surface area contributed by atoms with Crippen molar-refractivity contribution in [1.82, 2.24) is 9.62 Å². The Morgan fingerprint density at radius 1 is 1.38 bits per heavy atom. The number of carbonyl (C=O) groups is 1. The molecule has 2 rings (SSSR count). The van der Waals surface area contributed by atoms with Gasteiger partial charge in [0.15, 0.2) is 0 Å². The van der Waals surface area contributed by atoms with Crippen molar-refractivity contribution in [2.75, 3.05) is 40.5 Å². The third-order valence-electron chi connectivity index (χ3n) is 4.34. The minimum Gasteiger partial charge on any atom is -0.495 e. The van der Waals surface area contributed by atoms with Crippen molar-refractivity contribution in [3.05, 3.63) is 23.2 Å². The molecular weight excluding hydrogens is 380 g/mol. The van der Waals surface area contributed by atoms with E-state index in [1.807, 2.05) is 0 Å². The molecule has 0 aromatic heterocycles. The lowest BCUT2D eigenvalue weighted by Gasteiger charge is -2.31. The molecule has 0 aliphatic carbocycles. The first-order valence-electron chi connectivity index (χ1n) is 8.50. The number of halogens is 1. The summed E-state index contributed by atoms with van der Waals surface area (Å²) in [5.41, 5.74) is 0. The molecular formula is C17H25ClN2O5S. The maximum atomic E-state index is 12.9. The van der Waals surface area contributed by atoms with Crippen LogP contribution in [-0.2, 0) is 19.6 Å². The summed E-state index contributed by atoms with van der Waals surface area (Å²) in [7, 11) is -0.635. The van der Waals surface area contributed by atoms with E-state index in [0.29, 0.717) is 38.3 Å². The van der Waals surface area contributed by atoms with E-state index < -0.39 is 10.0 Å². The molecule has 9 heteroatoms. The van der Waals surface area contributed by atoms with E-state index in [1.54, 1.807) is 7.11 Å². The predicted octanol–water partition coefficient (Wildman–Crippen LogP) is 1.90. The lowest BCUT2D eigenvalue weighted by molar-refractivity contribution is -0.126. The second kappa shape index (κ2) is 9.55. The van der Waals surface area contributed by atoms with Gasteiger partial charge in [0.05, 0.1) is 22.9 Å². The molecule has 0 radical (unpaired) electrons. The summed E-state index contributed by atoms with van der Waals surface area (Å²) in [4.78, 5) is 12.4. The number of nitrogens with one attached hydrogen (secondary N) is 1. The Bertz CT molecular complexity index is 726. The second-order valence-electron chi connectivity index (χ2n) is 6.14. The number of carbonyl (C=O) groups excluding carboxylic acids is 1. The summed E-state index contributed by atoms with van der Waals surface area (Å²) < 4.78 is 37.1. The summed E-state index contributed by atoms with van der Waals surface area (Å²) in [6, 6.07) is 4.37. The van der Waals surface area contributed by atoms with E-state index in [4.69, 9.17) is 21.1 Å². The molecule has 0 spiro atoms. The Balaban J connectivity index is 2.05. The van der Waals surface area contributed by atoms with Crippen LogP contribution in [0.5, 0.6) is 5.75 Å². The van der Waals surface area contributed by atoms with Gasteiger partial charge in [-0.05, 0) is 37.5 Å². The molecule has 1 amide bonds. The van der Waals surface area contributed by atoms with Gasteiger partial charge in [0.25, 0.3) is 0 Å². The third-order valence-corrected chi connectivity index (χ3v) is 6.50. The van der Waals surface area contributed by atoms with Gasteiger partial charge in [-0.15, -0.1) is 0 Å². The van der Waals surface area contributed by atoms with E-state index >= 15 is 0 Å². The number of piperidine rings is 1. The van der Waals surface area contributed by atoms with Crippen LogP contribution in [0.1, 0.15) is 19.3 Å². The Morgan fingerprint density at radius 2 is 2.15 bits per heavy atom. The number of hydrogen-bond donors (Lipinski definition) is 1. The van der Waals surface area contributed by atoms with Gasteiger partial charge in [-0.25, -0.2) is 8.42 Å². The molecule has 26 heavy (non-hydrogen) atoms. The number of ether oxygens (including phenoxy) is 2. The van der Waals surface area contributed by atoms with Crippen LogP contribution in [0, 0.1) is 5.92 Å². The Morgan fingerprint density at radius 3 is 2.81 bits per heavy atom. The maximum absolute atomic E-state index is 12.9. The van der Waals surface area contributed by atoms with Crippen molar-refractivity contribution >= 4 is 27.5 Å². The third kappa shape index (κ3) is 5.09. The normalized spacial score (nSPS) is 18.5. The first-order chi connectivity index (χ1) is 12.4. The van der Waals surface area contributed by atoms with Crippen molar-refractivity contribution in [3.63, 3.8) is 0 Å². The number of rotatable bonds is 8. The largest absolute Gasteiger partial charge is 0.495 e. The van der Waals surface area contributed by atoms with Crippen molar-refractivity contribution < 1.29 is 22.7 Å². The van der Waals surface area contributed by atoms with Gasteiger partial charge in [-0.3, -0.25) is 4.79 Å². The lowest BCUT2D eigenvalue weighted by Crippen LogP contribution is -2.45. The average molecular weight is 405 g/mol.